The molecule has 0 saturated heterocycles. The molecule has 0 spiro atoms. The molecule has 30 heavy (non-hydrogen) atoms. The molecule has 3 aromatic heterocycles. The van der Waals surface area contributed by atoms with E-state index in [-0.39, 0.29) is 12.2 Å². The maximum atomic E-state index is 12.9. The second-order valence-electron chi connectivity index (χ2n) is 6.71. The van der Waals surface area contributed by atoms with Crippen LogP contribution in [0, 0.1) is 0 Å². The molecule has 0 fully saturated rings. The minimum absolute atomic E-state index is 0.154. The summed E-state index contributed by atoms with van der Waals surface area (Å²) in [6, 6.07) is 16.9. The van der Waals surface area contributed by atoms with Crippen LogP contribution in [0.2, 0.25) is 0 Å². The summed E-state index contributed by atoms with van der Waals surface area (Å²) in [5, 5.41) is 0.920. The van der Waals surface area contributed by atoms with E-state index < -0.39 is 0 Å². The number of pyridine rings is 1. The number of para-hydroxylation sites is 2. The Balaban J connectivity index is 1.85. The summed E-state index contributed by atoms with van der Waals surface area (Å²) in [4.78, 5) is 29.5. The van der Waals surface area contributed by atoms with Gasteiger partial charge in [-0.25, -0.2) is 19.3 Å². The summed E-state index contributed by atoms with van der Waals surface area (Å²) in [5.41, 5.74) is 9.38. The molecular weight excluding hydrogens is 380 g/mol. The van der Waals surface area contributed by atoms with Crippen LogP contribution in [0.1, 0.15) is 5.69 Å². The predicted molar refractivity (Wildman–Crippen MR) is 115 cm³/mol. The van der Waals surface area contributed by atoms with Gasteiger partial charge in [0.1, 0.15) is 11.3 Å². The van der Waals surface area contributed by atoms with E-state index in [2.05, 4.69) is 15.0 Å². The van der Waals surface area contributed by atoms with Gasteiger partial charge in [0.2, 0.25) is 0 Å². The first-order chi connectivity index (χ1) is 14.7. The van der Waals surface area contributed by atoms with E-state index in [1.54, 1.807) is 25.4 Å². The average Bonchev–Trinajstić information content (AvgIpc) is 3.13. The summed E-state index contributed by atoms with van der Waals surface area (Å²) >= 11 is 0. The molecule has 3 heterocycles. The van der Waals surface area contributed by atoms with Crippen LogP contribution in [0.15, 0.2) is 65.6 Å². The standard InChI is InChI=1S/C22H18N6O2/c1-30-18-10-3-2-9-17(18)28-21-19(26-22(28)29)16(12-23)25-20(27-21)14-6-4-8-15-13(14)7-5-11-24-15/h2-11H,12,23H2,1H3,(H,26,29). The number of benzene rings is 2. The lowest BCUT2D eigenvalue weighted by molar-refractivity contribution is 0.413. The summed E-state index contributed by atoms with van der Waals surface area (Å²) in [7, 11) is 1.56. The molecule has 0 amide bonds. The van der Waals surface area contributed by atoms with Gasteiger partial charge in [0, 0.05) is 23.7 Å². The largest absolute Gasteiger partial charge is 0.495 e. The molecule has 5 rings (SSSR count). The number of nitrogens with zero attached hydrogens (tertiary/aromatic N) is 4. The highest BCUT2D eigenvalue weighted by atomic mass is 16.5. The Morgan fingerprint density at radius 2 is 1.93 bits per heavy atom. The fourth-order valence-corrected chi connectivity index (χ4v) is 3.65. The predicted octanol–water partition coefficient (Wildman–Crippen LogP) is 2.79. The topological polar surface area (TPSA) is 112 Å². The minimum atomic E-state index is -0.338. The quantitative estimate of drug-likeness (QED) is 0.481. The van der Waals surface area contributed by atoms with E-state index in [0.717, 1.165) is 16.5 Å². The summed E-state index contributed by atoms with van der Waals surface area (Å²) in [5.74, 6) is 1.04. The van der Waals surface area contributed by atoms with Gasteiger partial charge >= 0.3 is 5.69 Å². The van der Waals surface area contributed by atoms with Crippen LogP contribution < -0.4 is 16.2 Å². The van der Waals surface area contributed by atoms with E-state index in [4.69, 9.17) is 15.5 Å². The highest BCUT2D eigenvalue weighted by Crippen LogP contribution is 2.29. The third-order valence-corrected chi connectivity index (χ3v) is 5.02. The third-order valence-electron chi connectivity index (χ3n) is 5.02. The Bertz CT molecular complexity index is 1450. The minimum Gasteiger partial charge on any atom is -0.495 e. The Labute approximate surface area is 171 Å². The molecule has 0 radical (unpaired) electrons. The SMILES string of the molecule is COc1ccccc1-n1c(=O)[nH]c2c(CN)nc(-c3cccc4ncccc34)nc21. The van der Waals surface area contributed by atoms with Crippen molar-refractivity contribution >= 4 is 22.1 Å². The smallest absolute Gasteiger partial charge is 0.332 e. The second-order valence-corrected chi connectivity index (χ2v) is 6.71. The first-order valence-electron chi connectivity index (χ1n) is 9.40. The van der Waals surface area contributed by atoms with Crippen LogP contribution in [0.25, 0.3) is 39.1 Å². The summed E-state index contributed by atoms with van der Waals surface area (Å²) in [6.45, 7) is 0.154. The van der Waals surface area contributed by atoms with Gasteiger partial charge in [0.05, 0.1) is 24.0 Å². The van der Waals surface area contributed by atoms with Crippen LogP contribution in [-0.4, -0.2) is 31.6 Å². The van der Waals surface area contributed by atoms with Crippen molar-refractivity contribution in [3.05, 3.63) is 77.0 Å². The second kappa shape index (κ2) is 7.09. The van der Waals surface area contributed by atoms with Crippen molar-refractivity contribution in [2.24, 2.45) is 5.73 Å². The Hall–Kier alpha value is -4.04. The number of nitrogens with one attached hydrogen (secondary N) is 1. The first-order valence-corrected chi connectivity index (χ1v) is 9.40. The molecule has 0 aliphatic rings. The van der Waals surface area contributed by atoms with Crippen LogP contribution >= 0.6 is 0 Å². The third kappa shape index (κ3) is 2.73. The number of hydrogen-bond donors (Lipinski definition) is 2. The monoisotopic (exact) mass is 398 g/mol. The molecule has 0 atom stereocenters. The van der Waals surface area contributed by atoms with Gasteiger partial charge in [-0.05, 0) is 24.3 Å². The van der Waals surface area contributed by atoms with Crippen molar-refractivity contribution in [1.82, 2.24) is 24.5 Å². The molecule has 3 N–H and O–H groups in total. The molecule has 0 unspecified atom stereocenters. The number of methoxy groups -OCH3 is 1. The van der Waals surface area contributed by atoms with Crippen molar-refractivity contribution in [3.63, 3.8) is 0 Å². The Kier molecular flexibility index (Phi) is 4.26. The zero-order valence-corrected chi connectivity index (χ0v) is 16.2. The van der Waals surface area contributed by atoms with E-state index in [1.165, 1.54) is 4.57 Å². The lowest BCUT2D eigenvalue weighted by atomic mass is 10.1. The fourth-order valence-electron chi connectivity index (χ4n) is 3.65. The Morgan fingerprint density at radius 1 is 1.07 bits per heavy atom. The lowest BCUT2D eigenvalue weighted by Gasteiger charge is -2.11. The molecule has 148 valence electrons. The van der Waals surface area contributed by atoms with E-state index >= 15 is 0 Å². The average molecular weight is 398 g/mol. The van der Waals surface area contributed by atoms with Crippen LogP contribution in [-0.2, 0) is 6.54 Å². The van der Waals surface area contributed by atoms with Gasteiger partial charge in [0.15, 0.2) is 11.5 Å². The molecule has 0 bridgehead atoms. The molecular formula is C22H18N6O2. The number of imidazole rings is 1. The van der Waals surface area contributed by atoms with Crippen molar-refractivity contribution < 1.29 is 4.74 Å². The zero-order chi connectivity index (χ0) is 20.7. The van der Waals surface area contributed by atoms with Gasteiger partial charge in [0.25, 0.3) is 0 Å². The van der Waals surface area contributed by atoms with E-state index in [9.17, 15) is 4.79 Å². The van der Waals surface area contributed by atoms with Gasteiger partial charge < -0.3 is 15.5 Å². The number of hydrogen-bond acceptors (Lipinski definition) is 6. The molecule has 8 nitrogen and oxygen atoms in total. The lowest BCUT2D eigenvalue weighted by Crippen LogP contribution is -2.15. The Morgan fingerprint density at radius 3 is 2.77 bits per heavy atom. The van der Waals surface area contributed by atoms with E-state index in [1.807, 2.05) is 42.5 Å². The molecule has 0 aliphatic carbocycles. The molecule has 2 aromatic carbocycles. The van der Waals surface area contributed by atoms with Crippen LogP contribution in [0.5, 0.6) is 5.75 Å². The first kappa shape index (κ1) is 18.0. The van der Waals surface area contributed by atoms with Gasteiger partial charge in [-0.2, -0.15) is 0 Å². The van der Waals surface area contributed by atoms with E-state index in [0.29, 0.717) is 34.1 Å². The highest BCUT2D eigenvalue weighted by Gasteiger charge is 2.19. The van der Waals surface area contributed by atoms with Crippen molar-refractivity contribution in [1.29, 1.82) is 0 Å². The number of H-pyrrole nitrogens is 1. The highest BCUT2D eigenvalue weighted by molar-refractivity contribution is 5.93. The number of aromatic amines is 1. The molecule has 5 aromatic rings. The fraction of sp³-hybridized carbons (Fsp3) is 0.0909. The van der Waals surface area contributed by atoms with Crippen molar-refractivity contribution in [2.75, 3.05) is 7.11 Å². The van der Waals surface area contributed by atoms with Crippen molar-refractivity contribution in [2.45, 2.75) is 6.54 Å². The number of fused-ring (bicyclic) bond motifs is 2. The van der Waals surface area contributed by atoms with Gasteiger partial charge in [-0.15, -0.1) is 0 Å². The van der Waals surface area contributed by atoms with Gasteiger partial charge in [-0.3, -0.25) is 4.98 Å². The number of ether oxygens (including phenoxy) is 1. The summed E-state index contributed by atoms with van der Waals surface area (Å²) in [6.07, 6.45) is 1.74. The number of rotatable bonds is 4. The summed E-state index contributed by atoms with van der Waals surface area (Å²) < 4.78 is 6.94. The maximum Gasteiger partial charge on any atom is 0.332 e. The molecule has 0 saturated carbocycles. The number of aromatic nitrogens is 5. The van der Waals surface area contributed by atoms with Crippen LogP contribution in [0.3, 0.4) is 0 Å². The zero-order valence-electron chi connectivity index (χ0n) is 16.2. The number of nitrogens with two attached hydrogens (primary N) is 1. The molecule has 8 heteroatoms. The van der Waals surface area contributed by atoms with Gasteiger partial charge in [-0.1, -0.05) is 30.3 Å². The molecule has 0 aliphatic heterocycles. The normalized spacial score (nSPS) is 11.3. The van der Waals surface area contributed by atoms with Crippen LogP contribution in [0.4, 0.5) is 0 Å². The van der Waals surface area contributed by atoms with Crippen molar-refractivity contribution in [3.8, 4) is 22.8 Å². The maximum absolute atomic E-state index is 12.9.